The van der Waals surface area contributed by atoms with Gasteiger partial charge in [-0.05, 0) is 54.8 Å². The van der Waals surface area contributed by atoms with Crippen LogP contribution < -0.4 is 4.74 Å². The average molecular weight is 270 g/mol. The van der Waals surface area contributed by atoms with E-state index in [1.54, 1.807) is 19.1 Å². The van der Waals surface area contributed by atoms with E-state index >= 15 is 0 Å². The lowest BCUT2D eigenvalue weighted by atomic mass is 9.95. The number of ether oxygens (including phenoxy) is 1. The van der Waals surface area contributed by atoms with Crippen LogP contribution >= 0.6 is 0 Å². The molecule has 3 heteroatoms. The highest BCUT2D eigenvalue weighted by molar-refractivity contribution is 6.10. The van der Waals surface area contributed by atoms with Gasteiger partial charge in [-0.25, -0.2) is 4.39 Å². The SMILES string of the molecule is Cc1cc(C)c(C(=O)c2ccc3c(c2)CCO3)c(F)c1. The van der Waals surface area contributed by atoms with Gasteiger partial charge in [0.1, 0.15) is 11.6 Å². The molecule has 0 saturated heterocycles. The first-order chi connectivity index (χ1) is 9.56. The summed E-state index contributed by atoms with van der Waals surface area (Å²) in [6.07, 6.45) is 0.797. The minimum absolute atomic E-state index is 0.162. The van der Waals surface area contributed by atoms with Gasteiger partial charge in [-0.2, -0.15) is 0 Å². The second-order valence-corrected chi connectivity index (χ2v) is 5.19. The Morgan fingerprint density at radius 3 is 2.75 bits per heavy atom. The Labute approximate surface area is 117 Å². The van der Waals surface area contributed by atoms with Gasteiger partial charge < -0.3 is 4.74 Å². The molecule has 0 N–H and O–H groups in total. The second kappa shape index (κ2) is 4.75. The van der Waals surface area contributed by atoms with Crippen LogP contribution in [-0.2, 0) is 6.42 Å². The molecule has 0 spiro atoms. The van der Waals surface area contributed by atoms with Crippen LogP contribution in [-0.4, -0.2) is 12.4 Å². The zero-order valence-electron chi connectivity index (χ0n) is 11.5. The summed E-state index contributed by atoms with van der Waals surface area (Å²) < 4.78 is 19.5. The Balaban J connectivity index is 2.05. The van der Waals surface area contributed by atoms with E-state index in [1.807, 2.05) is 19.1 Å². The molecule has 1 aliphatic heterocycles. The van der Waals surface area contributed by atoms with Crippen LogP contribution in [0.15, 0.2) is 30.3 Å². The third-order valence-corrected chi connectivity index (χ3v) is 3.61. The number of halogens is 1. The van der Waals surface area contributed by atoms with E-state index in [0.717, 1.165) is 23.3 Å². The van der Waals surface area contributed by atoms with Gasteiger partial charge in [0.25, 0.3) is 0 Å². The van der Waals surface area contributed by atoms with Crippen LogP contribution in [0, 0.1) is 19.7 Å². The molecule has 2 nitrogen and oxygen atoms in total. The molecule has 0 radical (unpaired) electrons. The van der Waals surface area contributed by atoms with Gasteiger partial charge in [0.2, 0.25) is 0 Å². The summed E-state index contributed by atoms with van der Waals surface area (Å²) in [6.45, 7) is 4.22. The highest BCUT2D eigenvalue weighted by atomic mass is 19.1. The van der Waals surface area contributed by atoms with Gasteiger partial charge in [-0.3, -0.25) is 4.79 Å². The van der Waals surface area contributed by atoms with Crippen LogP contribution in [0.5, 0.6) is 5.75 Å². The number of carbonyl (C=O) groups excluding carboxylic acids is 1. The van der Waals surface area contributed by atoms with Gasteiger partial charge in [-0.15, -0.1) is 0 Å². The highest BCUT2D eigenvalue weighted by Gasteiger charge is 2.20. The van der Waals surface area contributed by atoms with Crippen molar-refractivity contribution >= 4 is 5.78 Å². The minimum atomic E-state index is -0.454. The van der Waals surface area contributed by atoms with Crippen molar-refractivity contribution in [1.82, 2.24) is 0 Å². The number of benzene rings is 2. The molecular formula is C17H15FO2. The molecule has 2 aromatic rings. The fourth-order valence-electron chi connectivity index (χ4n) is 2.68. The van der Waals surface area contributed by atoms with Gasteiger partial charge in [0.15, 0.2) is 5.78 Å². The summed E-state index contributed by atoms with van der Waals surface area (Å²) in [7, 11) is 0. The molecule has 102 valence electrons. The van der Waals surface area contributed by atoms with E-state index in [0.29, 0.717) is 17.7 Å². The molecule has 0 aliphatic carbocycles. The molecule has 20 heavy (non-hydrogen) atoms. The summed E-state index contributed by atoms with van der Waals surface area (Å²) in [4.78, 5) is 12.5. The van der Waals surface area contributed by atoms with Crippen molar-refractivity contribution in [1.29, 1.82) is 0 Å². The molecule has 0 atom stereocenters. The number of rotatable bonds is 2. The topological polar surface area (TPSA) is 26.3 Å². The molecule has 3 rings (SSSR count). The van der Waals surface area contributed by atoms with Gasteiger partial charge in [0, 0.05) is 12.0 Å². The second-order valence-electron chi connectivity index (χ2n) is 5.19. The summed E-state index contributed by atoms with van der Waals surface area (Å²) in [5.74, 6) is 0.0987. The van der Waals surface area contributed by atoms with Crippen molar-refractivity contribution in [2.45, 2.75) is 20.3 Å². The van der Waals surface area contributed by atoms with Gasteiger partial charge in [0.05, 0.1) is 12.2 Å². The molecule has 0 amide bonds. The molecule has 0 bridgehead atoms. The first kappa shape index (κ1) is 12.9. The third kappa shape index (κ3) is 2.09. The monoisotopic (exact) mass is 270 g/mol. The third-order valence-electron chi connectivity index (χ3n) is 3.61. The Kier molecular flexibility index (Phi) is 3.05. The van der Waals surface area contributed by atoms with Crippen LogP contribution in [0.4, 0.5) is 4.39 Å². The Morgan fingerprint density at radius 1 is 1.20 bits per heavy atom. The van der Waals surface area contributed by atoms with E-state index in [9.17, 15) is 9.18 Å². The largest absolute Gasteiger partial charge is 0.493 e. The molecule has 0 unspecified atom stereocenters. The summed E-state index contributed by atoms with van der Waals surface area (Å²) in [5.41, 5.74) is 3.18. The molecule has 1 heterocycles. The van der Waals surface area contributed by atoms with Crippen molar-refractivity contribution < 1.29 is 13.9 Å². The zero-order chi connectivity index (χ0) is 14.3. The molecular weight excluding hydrogens is 255 g/mol. The quantitative estimate of drug-likeness (QED) is 0.779. The maximum Gasteiger partial charge on any atom is 0.196 e. The summed E-state index contributed by atoms with van der Waals surface area (Å²) >= 11 is 0. The Hall–Kier alpha value is -2.16. The standard InChI is InChI=1S/C17H15FO2/c1-10-7-11(2)16(14(18)8-10)17(19)13-3-4-15-12(9-13)5-6-20-15/h3-4,7-9H,5-6H2,1-2H3. The smallest absolute Gasteiger partial charge is 0.196 e. The fourth-order valence-corrected chi connectivity index (χ4v) is 2.68. The summed E-state index contributed by atoms with van der Waals surface area (Å²) in [6, 6.07) is 8.52. The molecule has 0 saturated carbocycles. The van der Waals surface area contributed by atoms with E-state index in [1.165, 1.54) is 6.07 Å². The normalized spacial score (nSPS) is 12.9. The van der Waals surface area contributed by atoms with Crippen molar-refractivity contribution in [2.75, 3.05) is 6.61 Å². The lowest BCUT2D eigenvalue weighted by Crippen LogP contribution is -2.07. The van der Waals surface area contributed by atoms with Crippen LogP contribution in [0.25, 0.3) is 0 Å². The van der Waals surface area contributed by atoms with Crippen LogP contribution in [0.3, 0.4) is 0 Å². The highest BCUT2D eigenvalue weighted by Crippen LogP contribution is 2.28. The predicted octanol–water partition coefficient (Wildman–Crippen LogP) is 3.61. The molecule has 1 aliphatic rings. The number of ketones is 1. The zero-order valence-corrected chi connectivity index (χ0v) is 11.5. The lowest BCUT2D eigenvalue weighted by Gasteiger charge is -2.09. The predicted molar refractivity (Wildman–Crippen MR) is 74.9 cm³/mol. The number of fused-ring (bicyclic) bond motifs is 1. The average Bonchev–Trinajstić information content (AvgIpc) is 2.84. The first-order valence-electron chi connectivity index (χ1n) is 6.63. The fraction of sp³-hybridized carbons (Fsp3) is 0.235. The Morgan fingerprint density at radius 2 is 2.00 bits per heavy atom. The number of aryl methyl sites for hydroxylation is 2. The summed E-state index contributed by atoms with van der Waals surface area (Å²) in [5, 5.41) is 0. The molecule has 2 aromatic carbocycles. The van der Waals surface area contributed by atoms with E-state index < -0.39 is 5.82 Å². The van der Waals surface area contributed by atoms with Crippen molar-refractivity contribution in [3.05, 3.63) is 64.0 Å². The van der Waals surface area contributed by atoms with Crippen molar-refractivity contribution in [2.24, 2.45) is 0 Å². The Bertz CT molecular complexity index is 681. The van der Waals surface area contributed by atoms with Crippen LogP contribution in [0.2, 0.25) is 0 Å². The maximum absolute atomic E-state index is 14.1. The van der Waals surface area contributed by atoms with Crippen molar-refractivity contribution in [3.8, 4) is 5.75 Å². The van der Waals surface area contributed by atoms with E-state index in [4.69, 9.17) is 4.74 Å². The maximum atomic E-state index is 14.1. The lowest BCUT2D eigenvalue weighted by molar-refractivity contribution is 0.103. The number of hydrogen-bond donors (Lipinski definition) is 0. The molecule has 0 aromatic heterocycles. The number of hydrogen-bond acceptors (Lipinski definition) is 2. The number of carbonyl (C=O) groups is 1. The first-order valence-corrected chi connectivity index (χ1v) is 6.63. The van der Waals surface area contributed by atoms with Crippen molar-refractivity contribution in [3.63, 3.8) is 0 Å². The van der Waals surface area contributed by atoms with E-state index in [2.05, 4.69) is 0 Å². The van der Waals surface area contributed by atoms with Gasteiger partial charge in [-0.1, -0.05) is 6.07 Å². The van der Waals surface area contributed by atoms with Gasteiger partial charge >= 0.3 is 0 Å². The van der Waals surface area contributed by atoms with E-state index in [-0.39, 0.29) is 11.3 Å². The molecule has 0 fully saturated rings. The minimum Gasteiger partial charge on any atom is -0.493 e. The van der Waals surface area contributed by atoms with Crippen LogP contribution in [0.1, 0.15) is 32.6 Å².